The molecule has 1 unspecified atom stereocenters. The van der Waals surface area contributed by atoms with Crippen LogP contribution in [0.5, 0.6) is 0 Å². The SMILES string of the molecule is CN(CC(C)(C)NC(=O)N[C@H](C(=O)N1C[C@H]2[C@@H]([C@H]1C(=O)NC(C(=O)C(N)=O)C1CC1)C2(C)C)C(C)(C)C)S(C)(=O)=O. The molecule has 5 amide bonds. The molecule has 1 heterocycles. The van der Waals surface area contributed by atoms with Crippen molar-refractivity contribution in [3.63, 3.8) is 0 Å². The summed E-state index contributed by atoms with van der Waals surface area (Å²) < 4.78 is 24.8. The van der Waals surface area contributed by atoms with E-state index in [1.54, 1.807) is 34.6 Å². The number of ketones is 1. The molecule has 232 valence electrons. The Kier molecular flexibility index (Phi) is 8.66. The summed E-state index contributed by atoms with van der Waals surface area (Å²) in [6.07, 6.45) is 2.45. The molecule has 2 aliphatic carbocycles. The van der Waals surface area contributed by atoms with E-state index in [0.29, 0.717) is 19.4 Å². The molecule has 14 heteroatoms. The second kappa shape index (κ2) is 10.8. The van der Waals surface area contributed by atoms with Crippen molar-refractivity contribution in [2.75, 3.05) is 26.4 Å². The van der Waals surface area contributed by atoms with Crippen molar-refractivity contribution in [1.29, 1.82) is 0 Å². The van der Waals surface area contributed by atoms with Crippen LogP contribution in [-0.4, -0.2) is 97.2 Å². The van der Waals surface area contributed by atoms with Gasteiger partial charge in [-0.1, -0.05) is 34.6 Å². The highest BCUT2D eigenvalue weighted by Crippen LogP contribution is 2.65. The Hall–Kier alpha value is -2.74. The van der Waals surface area contributed by atoms with Gasteiger partial charge in [-0.05, 0) is 55.3 Å². The number of piperidine rings is 1. The molecular formula is C27H46N6O7S. The maximum absolute atomic E-state index is 14.0. The second-order valence-electron chi connectivity index (χ2n) is 14.2. The molecule has 13 nitrogen and oxygen atoms in total. The third-order valence-electron chi connectivity index (χ3n) is 8.70. The third-order valence-corrected chi connectivity index (χ3v) is 9.96. The summed E-state index contributed by atoms with van der Waals surface area (Å²) >= 11 is 0. The number of Topliss-reactive ketones (excluding diaryl/α,β-unsaturated/α-hetero) is 1. The molecule has 41 heavy (non-hydrogen) atoms. The summed E-state index contributed by atoms with van der Waals surface area (Å²) in [5.41, 5.74) is 3.33. The predicted octanol–water partition coefficient (Wildman–Crippen LogP) is -0.197. The quantitative estimate of drug-likeness (QED) is 0.237. The molecule has 3 rings (SSSR count). The third kappa shape index (κ3) is 7.19. The number of nitrogens with two attached hydrogens (primary N) is 1. The fourth-order valence-corrected chi connectivity index (χ4v) is 6.59. The number of hydrogen-bond acceptors (Lipinski definition) is 7. The number of nitrogens with one attached hydrogen (secondary N) is 3. The number of hydrogen-bond donors (Lipinski definition) is 4. The lowest BCUT2D eigenvalue weighted by molar-refractivity contribution is -0.145. The van der Waals surface area contributed by atoms with Gasteiger partial charge in [-0.2, -0.15) is 0 Å². The maximum atomic E-state index is 14.0. The lowest BCUT2D eigenvalue weighted by Crippen LogP contribution is -2.63. The van der Waals surface area contributed by atoms with Crippen molar-refractivity contribution in [3.05, 3.63) is 0 Å². The van der Waals surface area contributed by atoms with E-state index in [1.165, 1.54) is 11.9 Å². The van der Waals surface area contributed by atoms with Crippen molar-refractivity contribution < 1.29 is 32.4 Å². The minimum atomic E-state index is -3.47. The zero-order chi connectivity index (χ0) is 31.5. The minimum Gasteiger partial charge on any atom is -0.363 e. The summed E-state index contributed by atoms with van der Waals surface area (Å²) in [5, 5.41) is 8.24. The number of nitrogens with zero attached hydrogens (tertiary/aromatic N) is 2. The highest BCUT2D eigenvalue weighted by Gasteiger charge is 2.70. The van der Waals surface area contributed by atoms with Gasteiger partial charge in [0, 0.05) is 25.7 Å². The van der Waals surface area contributed by atoms with Gasteiger partial charge in [0.15, 0.2) is 0 Å². The molecular weight excluding hydrogens is 552 g/mol. The van der Waals surface area contributed by atoms with Gasteiger partial charge >= 0.3 is 6.03 Å². The number of carbonyl (C=O) groups excluding carboxylic acids is 5. The molecule has 0 aromatic heterocycles. The van der Waals surface area contributed by atoms with E-state index in [2.05, 4.69) is 16.0 Å². The Morgan fingerprint density at radius 1 is 1.05 bits per heavy atom. The normalized spacial score (nSPS) is 25.1. The molecule has 3 aliphatic rings. The van der Waals surface area contributed by atoms with Gasteiger partial charge < -0.3 is 26.6 Å². The fourth-order valence-electron chi connectivity index (χ4n) is 6.03. The van der Waals surface area contributed by atoms with Crippen LogP contribution in [0.25, 0.3) is 0 Å². The fraction of sp³-hybridized carbons (Fsp3) is 0.815. The summed E-state index contributed by atoms with van der Waals surface area (Å²) in [6, 6.07) is -3.57. The number of rotatable bonds is 11. The van der Waals surface area contributed by atoms with Crippen LogP contribution in [0.1, 0.15) is 61.3 Å². The molecule has 2 saturated carbocycles. The Labute approximate surface area is 242 Å². The summed E-state index contributed by atoms with van der Waals surface area (Å²) in [6.45, 7) is 13.1. The Morgan fingerprint density at radius 3 is 2.07 bits per heavy atom. The molecule has 5 N–H and O–H groups in total. The topological polar surface area (TPSA) is 188 Å². The summed E-state index contributed by atoms with van der Waals surface area (Å²) in [5.74, 6) is -3.15. The number of likely N-dealkylation sites (tertiary alicyclic amines) is 1. The van der Waals surface area contributed by atoms with E-state index in [-0.39, 0.29) is 29.7 Å². The van der Waals surface area contributed by atoms with Crippen molar-refractivity contribution in [2.24, 2.45) is 34.3 Å². The van der Waals surface area contributed by atoms with E-state index in [9.17, 15) is 32.4 Å². The van der Waals surface area contributed by atoms with Crippen LogP contribution in [0.2, 0.25) is 0 Å². The standard InChI is InChI=1S/C27H46N6O7S/c1-25(2,3)20(30-24(38)31-26(4,5)13-32(8)41(9,39)40)23(37)33-12-15-16(27(15,6)7)18(33)22(36)29-17(14-10-11-14)19(34)21(28)35/h14-18,20H,10-13H2,1-9H3,(H2,28,35)(H,29,36)(H2,30,31,38)/t15-,16-,17?,18-,20+/m0/s1. The maximum Gasteiger partial charge on any atom is 0.315 e. The lowest BCUT2D eigenvalue weighted by Gasteiger charge is -2.38. The number of urea groups is 1. The number of likely N-dealkylation sites (N-methyl/N-ethyl adjacent to an activating group) is 1. The van der Waals surface area contributed by atoms with Crippen LogP contribution >= 0.6 is 0 Å². The number of carbonyl (C=O) groups is 5. The highest BCUT2D eigenvalue weighted by atomic mass is 32.2. The van der Waals surface area contributed by atoms with Crippen LogP contribution in [0.4, 0.5) is 4.79 Å². The van der Waals surface area contributed by atoms with E-state index in [4.69, 9.17) is 5.73 Å². The smallest absolute Gasteiger partial charge is 0.315 e. The molecule has 0 aromatic carbocycles. The van der Waals surface area contributed by atoms with Gasteiger partial charge in [-0.3, -0.25) is 19.2 Å². The molecule has 1 aliphatic heterocycles. The Morgan fingerprint density at radius 2 is 1.61 bits per heavy atom. The van der Waals surface area contributed by atoms with Gasteiger partial charge in [-0.25, -0.2) is 17.5 Å². The molecule has 5 atom stereocenters. The zero-order valence-corrected chi connectivity index (χ0v) is 26.3. The number of sulfonamides is 1. The van der Waals surface area contributed by atoms with Crippen molar-refractivity contribution in [3.8, 4) is 0 Å². The van der Waals surface area contributed by atoms with Crippen LogP contribution < -0.4 is 21.7 Å². The van der Waals surface area contributed by atoms with E-state index in [1.807, 2.05) is 13.8 Å². The van der Waals surface area contributed by atoms with Gasteiger partial charge in [-0.15, -0.1) is 0 Å². The first-order valence-electron chi connectivity index (χ1n) is 13.9. The number of primary amides is 1. The highest BCUT2D eigenvalue weighted by molar-refractivity contribution is 7.88. The largest absolute Gasteiger partial charge is 0.363 e. The van der Waals surface area contributed by atoms with Crippen LogP contribution in [-0.2, 0) is 29.2 Å². The van der Waals surface area contributed by atoms with Gasteiger partial charge in [0.2, 0.25) is 27.6 Å². The average Bonchev–Trinajstić information content (AvgIpc) is 3.66. The molecule has 0 radical (unpaired) electrons. The number of amides is 5. The average molecular weight is 599 g/mol. The first-order valence-corrected chi connectivity index (χ1v) is 15.8. The van der Waals surface area contributed by atoms with Crippen molar-refractivity contribution in [1.82, 2.24) is 25.2 Å². The van der Waals surface area contributed by atoms with Gasteiger partial charge in [0.1, 0.15) is 18.1 Å². The van der Waals surface area contributed by atoms with Crippen LogP contribution in [0.3, 0.4) is 0 Å². The first-order chi connectivity index (χ1) is 18.5. The van der Waals surface area contributed by atoms with Gasteiger partial charge in [0.05, 0.1) is 6.26 Å². The lowest BCUT2D eigenvalue weighted by atomic mass is 9.85. The Bertz CT molecular complexity index is 1220. The van der Waals surface area contributed by atoms with Crippen LogP contribution in [0, 0.1) is 28.6 Å². The molecule has 0 spiro atoms. The first kappa shape index (κ1) is 32.8. The second-order valence-corrected chi connectivity index (χ2v) is 16.3. The molecule has 3 fully saturated rings. The van der Waals surface area contributed by atoms with Crippen LogP contribution in [0.15, 0.2) is 0 Å². The molecule has 0 aromatic rings. The summed E-state index contributed by atoms with van der Waals surface area (Å²) in [4.78, 5) is 66.3. The summed E-state index contributed by atoms with van der Waals surface area (Å²) in [7, 11) is -2.06. The van der Waals surface area contributed by atoms with E-state index >= 15 is 0 Å². The predicted molar refractivity (Wildman–Crippen MR) is 152 cm³/mol. The molecule has 0 bridgehead atoms. The monoisotopic (exact) mass is 598 g/mol. The van der Waals surface area contributed by atoms with Gasteiger partial charge in [0.25, 0.3) is 5.91 Å². The van der Waals surface area contributed by atoms with Crippen molar-refractivity contribution >= 4 is 39.6 Å². The zero-order valence-electron chi connectivity index (χ0n) is 25.5. The minimum absolute atomic E-state index is 0.00633. The number of fused-ring (bicyclic) bond motifs is 1. The van der Waals surface area contributed by atoms with E-state index in [0.717, 1.165) is 10.6 Å². The van der Waals surface area contributed by atoms with E-state index < -0.39 is 68.6 Å². The Balaban J connectivity index is 1.80. The van der Waals surface area contributed by atoms with Crippen molar-refractivity contribution in [2.45, 2.75) is 85.0 Å². The molecule has 1 saturated heterocycles.